The van der Waals surface area contributed by atoms with Gasteiger partial charge in [0.2, 0.25) is 0 Å². The number of alkyl halides is 2. The summed E-state index contributed by atoms with van der Waals surface area (Å²) in [7, 11) is 0. The minimum atomic E-state index is -2.94. The molecule has 0 unspecified atom stereocenters. The Morgan fingerprint density at radius 3 is 2.67 bits per heavy atom. The van der Waals surface area contributed by atoms with Crippen molar-refractivity contribution in [2.75, 3.05) is 0 Å². The van der Waals surface area contributed by atoms with Crippen LogP contribution in [0.2, 0.25) is 0 Å². The first-order valence-corrected chi connectivity index (χ1v) is 6.62. The summed E-state index contributed by atoms with van der Waals surface area (Å²) in [5.41, 5.74) is 8.08. The third-order valence-corrected chi connectivity index (χ3v) is 3.40. The highest BCUT2D eigenvalue weighted by molar-refractivity contribution is 6.00. The Bertz CT molecular complexity index is 692. The number of ketones is 1. The van der Waals surface area contributed by atoms with Crippen LogP contribution in [0.1, 0.15) is 34.5 Å². The van der Waals surface area contributed by atoms with Crippen molar-refractivity contribution in [3.63, 3.8) is 0 Å². The quantitative estimate of drug-likeness (QED) is 0.859. The number of aromatic amines is 1. The van der Waals surface area contributed by atoms with Crippen LogP contribution in [0.15, 0.2) is 18.2 Å². The SMILES string of the molecule is Cc1ccc2[nH]c(C(N)=O)c(CCCC(=O)C(F)F)c2c1. The number of hydrogen-bond acceptors (Lipinski definition) is 2. The number of benzene rings is 1. The van der Waals surface area contributed by atoms with Crippen LogP contribution in [0.3, 0.4) is 0 Å². The molecule has 1 amide bonds. The van der Waals surface area contributed by atoms with E-state index < -0.39 is 18.1 Å². The zero-order chi connectivity index (χ0) is 15.6. The molecule has 2 aromatic rings. The smallest absolute Gasteiger partial charge is 0.295 e. The van der Waals surface area contributed by atoms with E-state index in [0.29, 0.717) is 12.0 Å². The summed E-state index contributed by atoms with van der Waals surface area (Å²) < 4.78 is 24.4. The fourth-order valence-corrected chi connectivity index (χ4v) is 2.38. The van der Waals surface area contributed by atoms with E-state index in [1.54, 1.807) is 0 Å². The van der Waals surface area contributed by atoms with Crippen LogP contribution in [0, 0.1) is 6.92 Å². The van der Waals surface area contributed by atoms with E-state index in [0.717, 1.165) is 16.5 Å². The summed E-state index contributed by atoms with van der Waals surface area (Å²) in [6, 6.07) is 5.64. The second-order valence-electron chi connectivity index (χ2n) is 5.01. The summed E-state index contributed by atoms with van der Waals surface area (Å²) in [5, 5.41) is 0.841. The van der Waals surface area contributed by atoms with E-state index in [9.17, 15) is 18.4 Å². The Labute approximate surface area is 120 Å². The van der Waals surface area contributed by atoms with Crippen molar-refractivity contribution >= 4 is 22.6 Å². The van der Waals surface area contributed by atoms with Crippen molar-refractivity contribution in [2.24, 2.45) is 5.73 Å². The molecule has 0 fully saturated rings. The first kappa shape index (κ1) is 15.2. The van der Waals surface area contributed by atoms with Crippen LogP contribution < -0.4 is 5.73 Å². The Balaban J connectivity index is 2.28. The van der Waals surface area contributed by atoms with Crippen LogP contribution in [-0.4, -0.2) is 23.1 Å². The number of hydrogen-bond donors (Lipinski definition) is 2. The largest absolute Gasteiger partial charge is 0.364 e. The summed E-state index contributed by atoms with van der Waals surface area (Å²) in [4.78, 5) is 25.4. The van der Waals surface area contributed by atoms with Crippen molar-refractivity contribution in [1.29, 1.82) is 0 Å². The average molecular weight is 294 g/mol. The van der Waals surface area contributed by atoms with Gasteiger partial charge < -0.3 is 10.7 Å². The Morgan fingerprint density at radius 1 is 1.33 bits per heavy atom. The highest BCUT2D eigenvalue weighted by Gasteiger charge is 2.18. The predicted molar refractivity (Wildman–Crippen MR) is 75.5 cm³/mol. The lowest BCUT2D eigenvalue weighted by molar-refractivity contribution is -0.129. The number of carbonyl (C=O) groups excluding carboxylic acids is 2. The van der Waals surface area contributed by atoms with Crippen LogP contribution >= 0.6 is 0 Å². The third-order valence-electron chi connectivity index (χ3n) is 3.40. The van der Waals surface area contributed by atoms with Crippen molar-refractivity contribution < 1.29 is 18.4 Å². The van der Waals surface area contributed by atoms with Gasteiger partial charge in [-0.3, -0.25) is 9.59 Å². The highest BCUT2D eigenvalue weighted by Crippen LogP contribution is 2.25. The van der Waals surface area contributed by atoms with Crippen molar-refractivity contribution in [3.05, 3.63) is 35.0 Å². The molecule has 0 aliphatic heterocycles. The molecular weight excluding hydrogens is 278 g/mol. The molecule has 0 aliphatic rings. The van der Waals surface area contributed by atoms with Gasteiger partial charge in [0.1, 0.15) is 5.69 Å². The Kier molecular flexibility index (Phi) is 4.35. The number of Topliss-reactive ketones (excluding diaryl/α,β-unsaturated/α-hetero) is 1. The fraction of sp³-hybridized carbons (Fsp3) is 0.333. The summed E-state index contributed by atoms with van der Waals surface area (Å²) in [5.74, 6) is -1.68. The minimum Gasteiger partial charge on any atom is -0.364 e. The van der Waals surface area contributed by atoms with Gasteiger partial charge in [0.05, 0.1) is 0 Å². The van der Waals surface area contributed by atoms with E-state index in [1.807, 2.05) is 25.1 Å². The molecule has 6 heteroatoms. The summed E-state index contributed by atoms with van der Waals surface area (Å²) in [6.07, 6.45) is -2.55. The lowest BCUT2D eigenvalue weighted by atomic mass is 10.0. The van der Waals surface area contributed by atoms with Crippen molar-refractivity contribution in [2.45, 2.75) is 32.6 Å². The van der Waals surface area contributed by atoms with E-state index in [-0.39, 0.29) is 18.5 Å². The lowest BCUT2D eigenvalue weighted by Gasteiger charge is -2.03. The van der Waals surface area contributed by atoms with Gasteiger partial charge in [-0.1, -0.05) is 11.6 Å². The second-order valence-corrected chi connectivity index (χ2v) is 5.01. The zero-order valence-corrected chi connectivity index (χ0v) is 11.6. The van der Waals surface area contributed by atoms with Gasteiger partial charge in [0.25, 0.3) is 12.3 Å². The lowest BCUT2D eigenvalue weighted by Crippen LogP contribution is -2.14. The monoisotopic (exact) mass is 294 g/mol. The summed E-state index contributed by atoms with van der Waals surface area (Å²) in [6.45, 7) is 1.92. The molecule has 0 aliphatic carbocycles. The van der Waals surface area contributed by atoms with Gasteiger partial charge in [-0.05, 0) is 37.5 Å². The third kappa shape index (κ3) is 3.26. The van der Waals surface area contributed by atoms with Gasteiger partial charge in [-0.15, -0.1) is 0 Å². The van der Waals surface area contributed by atoms with Crippen LogP contribution in [0.5, 0.6) is 0 Å². The number of H-pyrrole nitrogens is 1. The zero-order valence-electron chi connectivity index (χ0n) is 11.6. The van der Waals surface area contributed by atoms with Gasteiger partial charge in [-0.25, -0.2) is 8.78 Å². The Hall–Kier alpha value is -2.24. The number of fused-ring (bicyclic) bond motifs is 1. The molecule has 0 radical (unpaired) electrons. The van der Waals surface area contributed by atoms with E-state index >= 15 is 0 Å². The molecule has 112 valence electrons. The molecule has 3 N–H and O–H groups in total. The maximum atomic E-state index is 12.2. The number of carbonyl (C=O) groups is 2. The first-order valence-electron chi connectivity index (χ1n) is 6.62. The normalized spacial score (nSPS) is 11.2. The van der Waals surface area contributed by atoms with E-state index in [2.05, 4.69) is 4.98 Å². The van der Waals surface area contributed by atoms with Crippen LogP contribution in [0.25, 0.3) is 10.9 Å². The standard InChI is InChI=1S/C15H16F2N2O2/c1-8-5-6-11-10(7-8)9(13(19-11)15(18)21)3-2-4-12(20)14(16)17/h5-7,14,19H,2-4H2,1H3,(H2,18,21). The van der Waals surface area contributed by atoms with Crippen LogP contribution in [-0.2, 0) is 11.2 Å². The number of halogens is 2. The predicted octanol–water partition coefficient (Wildman–Crippen LogP) is 2.73. The van der Waals surface area contributed by atoms with Gasteiger partial charge in [0.15, 0.2) is 5.78 Å². The van der Waals surface area contributed by atoms with E-state index in [4.69, 9.17) is 5.73 Å². The molecule has 4 nitrogen and oxygen atoms in total. The number of nitrogens with one attached hydrogen (secondary N) is 1. The molecular formula is C15H16F2N2O2. The molecule has 0 bridgehead atoms. The highest BCUT2D eigenvalue weighted by atomic mass is 19.3. The minimum absolute atomic E-state index is 0.214. The number of nitrogens with two attached hydrogens (primary N) is 1. The molecule has 1 aromatic carbocycles. The van der Waals surface area contributed by atoms with Gasteiger partial charge in [-0.2, -0.15) is 0 Å². The molecule has 1 aromatic heterocycles. The van der Waals surface area contributed by atoms with Crippen molar-refractivity contribution in [1.82, 2.24) is 4.98 Å². The number of amides is 1. The number of rotatable bonds is 6. The average Bonchev–Trinajstić information content (AvgIpc) is 2.77. The molecule has 21 heavy (non-hydrogen) atoms. The maximum absolute atomic E-state index is 12.2. The molecule has 2 rings (SSSR count). The molecule has 1 heterocycles. The molecule has 0 saturated heterocycles. The molecule has 0 saturated carbocycles. The van der Waals surface area contributed by atoms with Crippen molar-refractivity contribution in [3.8, 4) is 0 Å². The topological polar surface area (TPSA) is 76.0 Å². The second kappa shape index (κ2) is 6.03. The van der Waals surface area contributed by atoms with Gasteiger partial charge >= 0.3 is 0 Å². The summed E-state index contributed by atoms with van der Waals surface area (Å²) >= 11 is 0. The molecule has 0 spiro atoms. The maximum Gasteiger partial charge on any atom is 0.295 e. The number of primary amides is 1. The van der Waals surface area contributed by atoms with E-state index in [1.165, 1.54) is 0 Å². The number of aromatic nitrogens is 1. The van der Waals surface area contributed by atoms with Gasteiger partial charge in [0, 0.05) is 17.3 Å². The first-order chi connectivity index (χ1) is 9.90. The fourth-order valence-electron chi connectivity index (χ4n) is 2.38. The number of aryl methyl sites for hydroxylation is 2. The molecule has 0 atom stereocenters. The van der Waals surface area contributed by atoms with Crippen LogP contribution in [0.4, 0.5) is 8.78 Å². The Morgan fingerprint density at radius 2 is 2.05 bits per heavy atom.